The van der Waals surface area contributed by atoms with E-state index in [1.165, 1.54) is 21.5 Å². The summed E-state index contributed by atoms with van der Waals surface area (Å²) in [4.78, 5) is 0. The number of hydrogen-bond acceptors (Lipinski definition) is 1. The summed E-state index contributed by atoms with van der Waals surface area (Å²) in [5, 5.41) is 4.80. The number of hydrogen-bond donors (Lipinski definition) is 0. The zero-order valence-electron chi connectivity index (χ0n) is 9.34. The van der Waals surface area contributed by atoms with Crippen LogP contribution in [0.15, 0.2) is 77.6 Å². The lowest BCUT2D eigenvalue weighted by molar-refractivity contribution is 0.555. The molecule has 3 rings (SSSR count). The number of fused-ring (bicyclic) bond motifs is 3. The lowest BCUT2D eigenvalue weighted by atomic mass is 10.1. The quantitative estimate of drug-likeness (QED) is 0.534. The fraction of sp³-hybridized carbons (Fsp3) is 0. The Morgan fingerprint density at radius 2 is 1.00 bits per heavy atom. The molecular formula is C16H12O. The Bertz CT molecular complexity index is 648. The first kappa shape index (κ1) is 9.91. The minimum Gasteiger partial charge on any atom is -0.473 e. The van der Waals surface area contributed by atoms with Gasteiger partial charge in [-0.05, 0) is 33.7 Å². The van der Waals surface area contributed by atoms with Crippen molar-refractivity contribution in [3.63, 3.8) is 0 Å². The summed E-state index contributed by atoms with van der Waals surface area (Å²) in [5.41, 5.74) is 0. The van der Waals surface area contributed by atoms with Crippen molar-refractivity contribution in [3.8, 4) is 0 Å². The summed E-state index contributed by atoms with van der Waals surface area (Å²) in [6, 6.07) is 20.6. The number of rotatable bonds is 0. The molecule has 0 radical (unpaired) electrons. The Morgan fingerprint density at radius 3 is 1.53 bits per heavy atom. The smallest absolute Gasteiger partial charge is 0.0907 e. The molecule has 0 aliphatic rings. The molecule has 82 valence electrons. The van der Waals surface area contributed by atoms with Gasteiger partial charge in [0.25, 0.3) is 0 Å². The van der Waals surface area contributed by atoms with Gasteiger partial charge in [0, 0.05) is 0 Å². The molecule has 0 N–H and O–H groups in total. The first-order valence-electron chi connectivity index (χ1n) is 5.62. The maximum atomic E-state index is 5.31. The van der Waals surface area contributed by atoms with E-state index in [4.69, 9.17) is 4.42 Å². The molecule has 3 aromatic rings. The average Bonchev–Trinajstić information content (AvgIpc) is 2.47. The van der Waals surface area contributed by atoms with Crippen LogP contribution in [-0.4, -0.2) is 0 Å². The molecule has 2 aromatic carbocycles. The molecule has 0 atom stereocenters. The van der Waals surface area contributed by atoms with E-state index < -0.39 is 0 Å². The second-order valence-electron chi connectivity index (χ2n) is 3.92. The van der Waals surface area contributed by atoms with Crippen LogP contribution in [0, 0.1) is 0 Å². The van der Waals surface area contributed by atoms with E-state index in [9.17, 15) is 0 Å². The molecule has 0 saturated carbocycles. The topological polar surface area (TPSA) is 13.1 Å². The maximum Gasteiger partial charge on any atom is 0.0907 e. The molecule has 0 fully saturated rings. The zero-order valence-corrected chi connectivity index (χ0v) is 9.34. The van der Waals surface area contributed by atoms with E-state index in [1.54, 1.807) is 12.5 Å². The van der Waals surface area contributed by atoms with Crippen LogP contribution < -0.4 is 0 Å². The average molecular weight is 220 g/mol. The molecule has 1 nitrogen and oxygen atoms in total. The van der Waals surface area contributed by atoms with Gasteiger partial charge in [-0.3, -0.25) is 0 Å². The minimum atomic E-state index is 1.17. The fourth-order valence-corrected chi connectivity index (χ4v) is 2.05. The van der Waals surface area contributed by atoms with Crippen molar-refractivity contribution in [2.24, 2.45) is 0 Å². The van der Waals surface area contributed by atoms with Crippen LogP contribution in [-0.2, 0) is 0 Å². The van der Waals surface area contributed by atoms with E-state index in [0.717, 1.165) is 0 Å². The normalized spacial score (nSPS) is 10.4. The molecule has 0 aliphatic carbocycles. The lowest BCUT2D eigenvalue weighted by Crippen LogP contribution is -1.71. The van der Waals surface area contributed by atoms with E-state index >= 15 is 0 Å². The third-order valence-corrected chi connectivity index (χ3v) is 2.86. The molecule has 0 saturated heterocycles. The summed E-state index contributed by atoms with van der Waals surface area (Å²) >= 11 is 0. The highest BCUT2D eigenvalue weighted by atomic mass is 16.3. The summed E-state index contributed by atoms with van der Waals surface area (Å²) in [7, 11) is 0. The first-order chi connectivity index (χ1) is 8.45. The Balaban J connectivity index is 2.63. The Hall–Kier alpha value is -2.28. The van der Waals surface area contributed by atoms with Crippen molar-refractivity contribution in [3.05, 3.63) is 73.2 Å². The summed E-state index contributed by atoms with van der Waals surface area (Å²) in [5.74, 6) is 0. The molecule has 0 amide bonds. The van der Waals surface area contributed by atoms with Gasteiger partial charge in [0.15, 0.2) is 0 Å². The molecule has 0 aliphatic heterocycles. The minimum absolute atomic E-state index is 1.17. The molecule has 17 heavy (non-hydrogen) atoms. The fourth-order valence-electron chi connectivity index (χ4n) is 2.05. The van der Waals surface area contributed by atoms with Gasteiger partial charge < -0.3 is 4.42 Å². The van der Waals surface area contributed by atoms with E-state index in [0.29, 0.717) is 0 Å². The molecule has 0 spiro atoms. The van der Waals surface area contributed by atoms with Crippen molar-refractivity contribution in [1.29, 1.82) is 0 Å². The van der Waals surface area contributed by atoms with E-state index in [2.05, 4.69) is 36.4 Å². The van der Waals surface area contributed by atoms with Gasteiger partial charge in [-0.2, -0.15) is 0 Å². The van der Waals surface area contributed by atoms with Gasteiger partial charge in [-0.1, -0.05) is 48.5 Å². The largest absolute Gasteiger partial charge is 0.473 e. The Labute approximate surface area is 99.6 Å². The SMILES string of the molecule is c1ccc2c(c1)ccoccc1ccccc12. The first-order valence-corrected chi connectivity index (χ1v) is 5.62. The molecule has 0 bridgehead atoms. The second-order valence-corrected chi connectivity index (χ2v) is 3.92. The standard InChI is InChI=1S/C16H12O/c1-3-7-15-13(5-1)9-11-17-12-10-14-6-2-4-8-16(14)15/h1-12H. The van der Waals surface area contributed by atoms with Crippen molar-refractivity contribution in [1.82, 2.24) is 0 Å². The van der Waals surface area contributed by atoms with Crippen molar-refractivity contribution >= 4 is 21.5 Å². The van der Waals surface area contributed by atoms with Crippen LogP contribution in [0.3, 0.4) is 0 Å². The van der Waals surface area contributed by atoms with Gasteiger partial charge in [0.1, 0.15) is 0 Å². The van der Waals surface area contributed by atoms with Crippen molar-refractivity contribution in [2.45, 2.75) is 0 Å². The highest BCUT2D eigenvalue weighted by Gasteiger charge is 1.94. The lowest BCUT2D eigenvalue weighted by Gasteiger charge is -1.97. The van der Waals surface area contributed by atoms with Gasteiger partial charge in [0.2, 0.25) is 0 Å². The predicted octanol–water partition coefficient (Wildman–Crippen LogP) is 4.71. The molecule has 0 unspecified atom stereocenters. The molecule has 1 heterocycles. The van der Waals surface area contributed by atoms with E-state index in [1.807, 2.05) is 24.3 Å². The second kappa shape index (κ2) is 4.30. The van der Waals surface area contributed by atoms with Crippen LogP contribution in [0.2, 0.25) is 0 Å². The highest BCUT2D eigenvalue weighted by molar-refractivity contribution is 6.04. The number of benzene rings is 2. The zero-order chi connectivity index (χ0) is 11.5. The Kier molecular flexibility index (Phi) is 2.51. The van der Waals surface area contributed by atoms with Gasteiger partial charge in [-0.15, -0.1) is 0 Å². The Morgan fingerprint density at radius 1 is 0.529 bits per heavy atom. The van der Waals surface area contributed by atoms with Crippen molar-refractivity contribution < 1.29 is 4.42 Å². The van der Waals surface area contributed by atoms with Crippen LogP contribution >= 0.6 is 0 Å². The third kappa shape index (κ3) is 1.87. The van der Waals surface area contributed by atoms with Crippen LogP contribution in [0.1, 0.15) is 0 Å². The maximum absolute atomic E-state index is 5.31. The monoisotopic (exact) mass is 220 g/mol. The predicted molar refractivity (Wildman–Crippen MR) is 71.3 cm³/mol. The summed E-state index contributed by atoms with van der Waals surface area (Å²) in [6.07, 6.45) is 3.42. The molecule has 1 heteroatoms. The van der Waals surface area contributed by atoms with Gasteiger partial charge >= 0.3 is 0 Å². The van der Waals surface area contributed by atoms with Crippen LogP contribution in [0.25, 0.3) is 21.5 Å². The highest BCUT2D eigenvalue weighted by Crippen LogP contribution is 2.21. The van der Waals surface area contributed by atoms with Gasteiger partial charge in [0.05, 0.1) is 12.5 Å². The molecular weight excluding hydrogens is 208 g/mol. The molecule has 1 aromatic heterocycles. The van der Waals surface area contributed by atoms with Crippen LogP contribution in [0.4, 0.5) is 0 Å². The third-order valence-electron chi connectivity index (χ3n) is 2.86. The van der Waals surface area contributed by atoms with Gasteiger partial charge in [-0.25, -0.2) is 0 Å². The van der Waals surface area contributed by atoms with E-state index in [-0.39, 0.29) is 0 Å². The summed E-state index contributed by atoms with van der Waals surface area (Å²) < 4.78 is 5.31. The van der Waals surface area contributed by atoms with Crippen LogP contribution in [0.5, 0.6) is 0 Å². The summed E-state index contributed by atoms with van der Waals surface area (Å²) in [6.45, 7) is 0. The van der Waals surface area contributed by atoms with Crippen molar-refractivity contribution in [2.75, 3.05) is 0 Å².